The summed E-state index contributed by atoms with van der Waals surface area (Å²) in [5, 5.41) is 3.89. The van der Waals surface area contributed by atoms with Crippen LogP contribution in [0.3, 0.4) is 0 Å². The molecule has 0 bridgehead atoms. The number of halogens is 1. The fourth-order valence-corrected chi connectivity index (χ4v) is 1.61. The normalized spacial score (nSPS) is 10.5. The highest BCUT2D eigenvalue weighted by Crippen LogP contribution is 2.18. The first-order chi connectivity index (χ1) is 8.27. The molecule has 0 fully saturated rings. The molecule has 1 rings (SSSR count). The summed E-state index contributed by atoms with van der Waals surface area (Å²) in [6.45, 7) is 6.54. The summed E-state index contributed by atoms with van der Waals surface area (Å²) in [4.78, 5) is 4.39. The summed E-state index contributed by atoms with van der Waals surface area (Å²) in [5.74, 6) is 0.665. The van der Waals surface area contributed by atoms with Gasteiger partial charge in [-0.15, -0.1) is 0 Å². The Kier molecular flexibility index (Phi) is 6.97. The van der Waals surface area contributed by atoms with Gasteiger partial charge in [-0.25, -0.2) is 4.98 Å². The average molecular weight is 257 g/mol. The summed E-state index contributed by atoms with van der Waals surface area (Å²) < 4.78 is 5.59. The second-order valence-corrected chi connectivity index (χ2v) is 4.32. The van der Waals surface area contributed by atoms with Gasteiger partial charge < -0.3 is 10.1 Å². The molecule has 0 atom stereocenters. The lowest BCUT2D eigenvalue weighted by Crippen LogP contribution is -2.13. The first-order valence-corrected chi connectivity index (χ1v) is 6.64. The molecule has 0 radical (unpaired) electrons. The van der Waals surface area contributed by atoms with Crippen molar-refractivity contribution in [2.75, 3.05) is 13.2 Å². The number of hydrogen-bond acceptors (Lipinski definition) is 3. The number of unbranched alkanes of at least 4 members (excludes halogenated alkanes) is 2. The van der Waals surface area contributed by atoms with Gasteiger partial charge in [0.05, 0.1) is 17.3 Å². The molecule has 3 nitrogen and oxygen atoms in total. The highest BCUT2D eigenvalue weighted by atomic mass is 35.5. The van der Waals surface area contributed by atoms with Gasteiger partial charge in [0.2, 0.25) is 5.88 Å². The number of ether oxygens (including phenoxy) is 1. The number of pyridine rings is 1. The molecule has 0 aliphatic heterocycles. The number of aromatic nitrogens is 1. The van der Waals surface area contributed by atoms with E-state index in [1.807, 2.05) is 12.1 Å². The minimum atomic E-state index is 0.665. The summed E-state index contributed by atoms with van der Waals surface area (Å²) in [5.41, 5.74) is 0.849. The van der Waals surface area contributed by atoms with Crippen LogP contribution in [0.5, 0.6) is 5.88 Å². The Bertz CT molecular complexity index is 331. The fourth-order valence-electron chi connectivity index (χ4n) is 1.44. The summed E-state index contributed by atoms with van der Waals surface area (Å²) in [7, 11) is 0. The van der Waals surface area contributed by atoms with Crippen molar-refractivity contribution >= 4 is 11.6 Å². The molecule has 0 aliphatic carbocycles. The van der Waals surface area contributed by atoms with Crippen LogP contribution < -0.4 is 10.1 Å². The molecular formula is C13H21ClN2O. The molecule has 0 spiro atoms. The zero-order valence-electron chi connectivity index (χ0n) is 10.6. The van der Waals surface area contributed by atoms with E-state index in [2.05, 4.69) is 24.1 Å². The second-order valence-electron chi connectivity index (χ2n) is 3.91. The number of nitrogens with one attached hydrogen (secondary N) is 1. The van der Waals surface area contributed by atoms with Gasteiger partial charge >= 0.3 is 0 Å². The van der Waals surface area contributed by atoms with Gasteiger partial charge in [-0.2, -0.15) is 0 Å². The van der Waals surface area contributed by atoms with Crippen molar-refractivity contribution in [3.8, 4) is 5.88 Å². The van der Waals surface area contributed by atoms with E-state index in [-0.39, 0.29) is 0 Å². The lowest BCUT2D eigenvalue weighted by Gasteiger charge is -2.08. The maximum Gasteiger partial charge on any atom is 0.213 e. The maximum absolute atomic E-state index is 6.06. The average Bonchev–Trinajstić information content (AvgIpc) is 2.35. The molecule has 1 heterocycles. The fraction of sp³-hybridized carbons (Fsp3) is 0.615. The third kappa shape index (κ3) is 5.37. The quantitative estimate of drug-likeness (QED) is 0.724. The molecule has 1 aromatic rings. The SMILES string of the molecule is CCCCCOc1ccc(Cl)c(CNCC)n1. The largest absolute Gasteiger partial charge is 0.478 e. The number of nitrogens with zero attached hydrogens (tertiary/aromatic N) is 1. The van der Waals surface area contributed by atoms with Crippen molar-refractivity contribution in [2.45, 2.75) is 39.7 Å². The van der Waals surface area contributed by atoms with Gasteiger partial charge in [0.25, 0.3) is 0 Å². The van der Waals surface area contributed by atoms with Gasteiger partial charge in [0.1, 0.15) is 0 Å². The zero-order valence-corrected chi connectivity index (χ0v) is 11.4. The third-order valence-electron chi connectivity index (χ3n) is 2.43. The minimum Gasteiger partial charge on any atom is -0.478 e. The van der Waals surface area contributed by atoms with Gasteiger partial charge in [-0.3, -0.25) is 0 Å². The third-order valence-corrected chi connectivity index (χ3v) is 2.78. The van der Waals surface area contributed by atoms with Crippen LogP contribution in [0.2, 0.25) is 5.02 Å². The Morgan fingerprint density at radius 2 is 2.12 bits per heavy atom. The molecule has 0 unspecified atom stereocenters. The molecule has 0 aliphatic rings. The number of hydrogen-bond donors (Lipinski definition) is 1. The first kappa shape index (κ1) is 14.3. The molecule has 0 saturated heterocycles. The minimum absolute atomic E-state index is 0.665. The maximum atomic E-state index is 6.06. The molecular weight excluding hydrogens is 236 g/mol. The van der Waals surface area contributed by atoms with Crippen molar-refractivity contribution in [1.82, 2.24) is 10.3 Å². The van der Waals surface area contributed by atoms with Gasteiger partial charge in [-0.05, 0) is 19.0 Å². The van der Waals surface area contributed by atoms with Crippen molar-refractivity contribution < 1.29 is 4.74 Å². The molecule has 0 aromatic carbocycles. The van der Waals surface area contributed by atoms with Gasteiger partial charge in [0, 0.05) is 12.6 Å². The van der Waals surface area contributed by atoms with Gasteiger partial charge in [0.15, 0.2) is 0 Å². The first-order valence-electron chi connectivity index (χ1n) is 6.26. The predicted octanol–water partition coefficient (Wildman–Crippen LogP) is 3.41. The van der Waals surface area contributed by atoms with E-state index in [4.69, 9.17) is 16.3 Å². The van der Waals surface area contributed by atoms with Crippen LogP contribution in [-0.2, 0) is 6.54 Å². The summed E-state index contributed by atoms with van der Waals surface area (Å²) in [6, 6.07) is 3.67. The predicted molar refractivity (Wildman–Crippen MR) is 71.6 cm³/mol. The lowest BCUT2D eigenvalue weighted by molar-refractivity contribution is 0.294. The molecule has 17 heavy (non-hydrogen) atoms. The Hall–Kier alpha value is -0.800. The van der Waals surface area contributed by atoms with E-state index in [0.717, 1.165) is 25.3 Å². The number of rotatable bonds is 8. The standard InChI is InChI=1S/C13H21ClN2O/c1-3-5-6-9-17-13-8-7-11(14)12(16-13)10-15-4-2/h7-8,15H,3-6,9-10H2,1-2H3. The molecule has 1 N–H and O–H groups in total. The van der Waals surface area contributed by atoms with Crippen molar-refractivity contribution in [2.24, 2.45) is 0 Å². The van der Waals surface area contributed by atoms with Crippen LogP contribution in [0.25, 0.3) is 0 Å². The van der Waals surface area contributed by atoms with Gasteiger partial charge in [-0.1, -0.05) is 38.3 Å². The summed E-state index contributed by atoms with van der Waals surface area (Å²) >= 11 is 6.06. The Morgan fingerprint density at radius 3 is 2.82 bits per heavy atom. The zero-order chi connectivity index (χ0) is 12.5. The Balaban J connectivity index is 2.49. The highest BCUT2D eigenvalue weighted by Gasteiger charge is 2.04. The molecule has 0 amide bonds. The molecule has 1 aromatic heterocycles. The van der Waals surface area contributed by atoms with E-state index in [9.17, 15) is 0 Å². The molecule has 0 saturated carbocycles. The Morgan fingerprint density at radius 1 is 1.29 bits per heavy atom. The second kappa shape index (κ2) is 8.31. The van der Waals surface area contributed by atoms with Crippen LogP contribution in [0.15, 0.2) is 12.1 Å². The Labute approximate surface area is 109 Å². The van der Waals surface area contributed by atoms with Crippen molar-refractivity contribution in [3.63, 3.8) is 0 Å². The molecule has 96 valence electrons. The van der Waals surface area contributed by atoms with Crippen LogP contribution >= 0.6 is 11.6 Å². The lowest BCUT2D eigenvalue weighted by atomic mass is 10.3. The summed E-state index contributed by atoms with van der Waals surface area (Å²) in [6.07, 6.45) is 3.46. The topological polar surface area (TPSA) is 34.1 Å². The van der Waals surface area contributed by atoms with Crippen LogP contribution in [-0.4, -0.2) is 18.1 Å². The van der Waals surface area contributed by atoms with E-state index in [1.165, 1.54) is 12.8 Å². The van der Waals surface area contributed by atoms with E-state index in [1.54, 1.807) is 0 Å². The van der Waals surface area contributed by atoms with Crippen LogP contribution in [0.1, 0.15) is 38.8 Å². The smallest absolute Gasteiger partial charge is 0.213 e. The highest BCUT2D eigenvalue weighted by molar-refractivity contribution is 6.31. The molecule has 4 heteroatoms. The van der Waals surface area contributed by atoms with Crippen LogP contribution in [0.4, 0.5) is 0 Å². The van der Waals surface area contributed by atoms with E-state index >= 15 is 0 Å². The van der Waals surface area contributed by atoms with E-state index < -0.39 is 0 Å². The van der Waals surface area contributed by atoms with Crippen LogP contribution in [0, 0.1) is 0 Å². The van der Waals surface area contributed by atoms with Crippen molar-refractivity contribution in [1.29, 1.82) is 0 Å². The van der Waals surface area contributed by atoms with Crippen molar-refractivity contribution in [3.05, 3.63) is 22.8 Å². The van der Waals surface area contributed by atoms with E-state index in [0.29, 0.717) is 17.4 Å². The monoisotopic (exact) mass is 256 g/mol.